The van der Waals surface area contributed by atoms with Crippen molar-refractivity contribution in [3.05, 3.63) is 46.6 Å². The maximum Gasteiger partial charge on any atom is 0.255 e. The highest BCUT2D eigenvalue weighted by Gasteiger charge is 2.21. The number of methoxy groups -OCH3 is 1. The summed E-state index contributed by atoms with van der Waals surface area (Å²) in [6, 6.07) is 6.47. The van der Waals surface area contributed by atoms with Gasteiger partial charge in [-0.25, -0.2) is 0 Å². The fourth-order valence-electron chi connectivity index (χ4n) is 3.90. The van der Waals surface area contributed by atoms with Crippen molar-refractivity contribution in [2.24, 2.45) is 0 Å². The van der Waals surface area contributed by atoms with E-state index in [-0.39, 0.29) is 28.5 Å². The molecule has 178 valence electrons. The summed E-state index contributed by atoms with van der Waals surface area (Å²) in [6.45, 7) is 1.12. The number of nitrogens with one attached hydrogen (secondary N) is 2. The Morgan fingerprint density at radius 2 is 2.15 bits per heavy atom. The molecular formula is C24H25ClN4O5. The lowest BCUT2D eigenvalue weighted by Crippen LogP contribution is -2.32. The van der Waals surface area contributed by atoms with Crippen LogP contribution in [0.3, 0.4) is 0 Å². The van der Waals surface area contributed by atoms with Gasteiger partial charge in [0.2, 0.25) is 0 Å². The van der Waals surface area contributed by atoms with Crippen LogP contribution in [0.5, 0.6) is 17.2 Å². The Kier molecular flexibility index (Phi) is 7.04. The number of nitrogen functional groups attached to an aromatic ring is 1. The first-order valence-corrected chi connectivity index (χ1v) is 11.1. The lowest BCUT2D eigenvalue weighted by Gasteiger charge is -2.17. The number of aromatic nitrogens is 1. The fraction of sp³-hybridized carbons (Fsp3) is 0.292. The zero-order chi connectivity index (χ0) is 24.2. The van der Waals surface area contributed by atoms with Crippen molar-refractivity contribution in [1.29, 1.82) is 0 Å². The smallest absolute Gasteiger partial charge is 0.255 e. The minimum atomic E-state index is -0.298. The predicted octanol–water partition coefficient (Wildman–Crippen LogP) is 4.03. The predicted molar refractivity (Wildman–Crippen MR) is 130 cm³/mol. The number of fused-ring (bicyclic) bond motifs is 1. The van der Waals surface area contributed by atoms with Crippen molar-refractivity contribution in [3.8, 4) is 17.2 Å². The molecular weight excluding hydrogens is 460 g/mol. The van der Waals surface area contributed by atoms with Gasteiger partial charge in [-0.2, -0.15) is 0 Å². The van der Waals surface area contributed by atoms with E-state index in [4.69, 9.17) is 31.5 Å². The van der Waals surface area contributed by atoms with Crippen molar-refractivity contribution in [2.75, 3.05) is 38.4 Å². The van der Waals surface area contributed by atoms with Gasteiger partial charge in [0.1, 0.15) is 11.5 Å². The standard InChI is InChI=1S/C24H25ClN4O5/c1-27-23-13(12-30)8-20(22(26)21(23)25)34-18-5-6-28-17-10-19(32-2)16(9-15(17)18)24(31)29-11-14-4-3-7-33-14/h5-6,8-10,12,14,27H,3-4,7,11,26H2,1-2H3,(H,29,31)/t14-/m1/s1. The van der Waals surface area contributed by atoms with Crippen LogP contribution in [0.25, 0.3) is 10.9 Å². The first-order valence-electron chi connectivity index (χ1n) is 10.8. The van der Waals surface area contributed by atoms with Crippen molar-refractivity contribution in [2.45, 2.75) is 18.9 Å². The van der Waals surface area contributed by atoms with Crippen LogP contribution < -0.4 is 25.8 Å². The number of rotatable bonds is 8. The molecule has 1 atom stereocenters. The van der Waals surface area contributed by atoms with Gasteiger partial charge in [0.05, 0.1) is 40.7 Å². The van der Waals surface area contributed by atoms with Gasteiger partial charge >= 0.3 is 0 Å². The molecule has 0 radical (unpaired) electrons. The van der Waals surface area contributed by atoms with E-state index in [1.165, 1.54) is 13.2 Å². The van der Waals surface area contributed by atoms with Gasteiger partial charge in [0, 0.05) is 43.4 Å². The molecule has 0 unspecified atom stereocenters. The summed E-state index contributed by atoms with van der Waals surface area (Å²) >= 11 is 6.34. The Bertz CT molecular complexity index is 1240. The highest BCUT2D eigenvalue weighted by atomic mass is 35.5. The molecule has 1 saturated heterocycles. The molecule has 1 amide bonds. The largest absolute Gasteiger partial charge is 0.496 e. The van der Waals surface area contributed by atoms with Gasteiger partial charge in [-0.3, -0.25) is 14.6 Å². The van der Waals surface area contributed by atoms with E-state index in [0.29, 0.717) is 58.7 Å². The van der Waals surface area contributed by atoms with Crippen molar-refractivity contribution in [1.82, 2.24) is 10.3 Å². The van der Waals surface area contributed by atoms with Crippen LogP contribution in [0.15, 0.2) is 30.5 Å². The molecule has 10 heteroatoms. The van der Waals surface area contributed by atoms with Crippen molar-refractivity contribution < 1.29 is 23.8 Å². The molecule has 1 fully saturated rings. The molecule has 3 aromatic rings. The summed E-state index contributed by atoms with van der Waals surface area (Å²) in [5.74, 6) is 0.677. The molecule has 34 heavy (non-hydrogen) atoms. The number of hydrogen-bond acceptors (Lipinski definition) is 8. The summed E-state index contributed by atoms with van der Waals surface area (Å²) in [6.07, 6.45) is 4.14. The molecule has 4 rings (SSSR count). The number of ether oxygens (including phenoxy) is 3. The number of aldehydes is 1. The summed E-state index contributed by atoms with van der Waals surface area (Å²) in [4.78, 5) is 28.9. The van der Waals surface area contributed by atoms with E-state index in [2.05, 4.69) is 15.6 Å². The second kappa shape index (κ2) is 10.1. The number of nitrogens with zero attached hydrogens (tertiary/aromatic N) is 1. The topological polar surface area (TPSA) is 125 Å². The average molecular weight is 485 g/mol. The zero-order valence-electron chi connectivity index (χ0n) is 18.8. The lowest BCUT2D eigenvalue weighted by atomic mass is 10.1. The highest BCUT2D eigenvalue weighted by Crippen LogP contribution is 2.41. The lowest BCUT2D eigenvalue weighted by molar-refractivity contribution is 0.0855. The van der Waals surface area contributed by atoms with Gasteiger partial charge in [0.25, 0.3) is 5.91 Å². The third kappa shape index (κ3) is 4.57. The van der Waals surface area contributed by atoms with Crippen molar-refractivity contribution in [3.63, 3.8) is 0 Å². The van der Waals surface area contributed by atoms with Crippen LogP contribution in [0, 0.1) is 0 Å². The van der Waals surface area contributed by atoms with E-state index in [1.807, 2.05) is 0 Å². The van der Waals surface area contributed by atoms with Gasteiger partial charge in [-0.15, -0.1) is 0 Å². The summed E-state index contributed by atoms with van der Waals surface area (Å²) in [7, 11) is 3.13. The van der Waals surface area contributed by atoms with Crippen LogP contribution in [-0.2, 0) is 4.74 Å². The van der Waals surface area contributed by atoms with Gasteiger partial charge in [-0.05, 0) is 31.0 Å². The van der Waals surface area contributed by atoms with Gasteiger partial charge in [-0.1, -0.05) is 11.6 Å². The Morgan fingerprint density at radius 3 is 2.82 bits per heavy atom. The maximum absolute atomic E-state index is 13.0. The number of halogens is 1. The number of amides is 1. The number of anilines is 2. The first-order chi connectivity index (χ1) is 16.5. The summed E-state index contributed by atoms with van der Waals surface area (Å²) < 4.78 is 17.1. The number of benzene rings is 2. The Labute approximate surface area is 201 Å². The summed E-state index contributed by atoms with van der Waals surface area (Å²) in [5.41, 5.74) is 7.94. The van der Waals surface area contributed by atoms with Crippen LogP contribution in [-0.4, -0.2) is 50.6 Å². The summed E-state index contributed by atoms with van der Waals surface area (Å²) in [5, 5.41) is 6.51. The second-order valence-corrected chi connectivity index (χ2v) is 8.14. The maximum atomic E-state index is 13.0. The van der Waals surface area contributed by atoms with Crippen LogP contribution in [0.4, 0.5) is 11.4 Å². The van der Waals surface area contributed by atoms with Crippen molar-refractivity contribution >= 4 is 46.1 Å². The fourth-order valence-corrected chi connectivity index (χ4v) is 4.20. The molecule has 1 aliphatic heterocycles. The van der Waals surface area contributed by atoms with E-state index in [9.17, 15) is 9.59 Å². The third-order valence-corrected chi connectivity index (χ3v) is 6.07. The van der Waals surface area contributed by atoms with Crippen LogP contribution in [0.2, 0.25) is 5.02 Å². The first kappa shape index (κ1) is 23.6. The molecule has 1 aliphatic rings. The van der Waals surface area contributed by atoms with E-state index in [0.717, 1.165) is 12.8 Å². The van der Waals surface area contributed by atoms with Gasteiger partial charge in [0.15, 0.2) is 12.0 Å². The number of hydrogen-bond donors (Lipinski definition) is 3. The molecule has 9 nitrogen and oxygen atoms in total. The number of nitrogens with two attached hydrogens (primary N) is 1. The molecule has 0 bridgehead atoms. The zero-order valence-corrected chi connectivity index (χ0v) is 19.6. The molecule has 2 aromatic carbocycles. The second-order valence-electron chi connectivity index (χ2n) is 7.76. The van der Waals surface area contributed by atoms with Crippen LogP contribution in [0.1, 0.15) is 33.6 Å². The Morgan fingerprint density at radius 1 is 1.32 bits per heavy atom. The van der Waals surface area contributed by atoms with Crippen LogP contribution >= 0.6 is 11.6 Å². The van der Waals surface area contributed by atoms with E-state index < -0.39 is 0 Å². The molecule has 1 aromatic heterocycles. The molecule has 4 N–H and O–H groups in total. The molecule has 2 heterocycles. The Balaban J connectivity index is 1.71. The van der Waals surface area contributed by atoms with Gasteiger partial charge < -0.3 is 30.6 Å². The van der Waals surface area contributed by atoms with E-state index in [1.54, 1.807) is 31.4 Å². The molecule has 0 spiro atoms. The molecule has 0 aliphatic carbocycles. The SMILES string of the molecule is CNc1c(C=O)cc(Oc2ccnc3cc(OC)c(C(=O)NC[C@H]4CCCO4)cc23)c(N)c1Cl. The average Bonchev–Trinajstić information content (AvgIpc) is 3.38. The minimum Gasteiger partial charge on any atom is -0.496 e. The third-order valence-electron chi connectivity index (χ3n) is 5.68. The monoisotopic (exact) mass is 484 g/mol. The number of carbonyl (C=O) groups excluding carboxylic acids is 2. The highest BCUT2D eigenvalue weighted by molar-refractivity contribution is 6.36. The quantitative estimate of drug-likeness (QED) is 0.323. The number of pyridine rings is 1. The number of carbonyl (C=O) groups is 2. The molecule has 0 saturated carbocycles. The Hall–Kier alpha value is -3.56. The normalized spacial score (nSPS) is 15.2. The van der Waals surface area contributed by atoms with E-state index >= 15 is 0 Å². The minimum absolute atomic E-state index is 0.0104.